The van der Waals surface area contributed by atoms with Crippen molar-refractivity contribution in [2.45, 2.75) is 19.5 Å². The van der Waals surface area contributed by atoms with Gasteiger partial charge in [0.2, 0.25) is 0 Å². The summed E-state index contributed by atoms with van der Waals surface area (Å²) in [6.45, 7) is 4.21. The number of carbonyl (C=O) groups excluding carboxylic acids is 1. The van der Waals surface area contributed by atoms with Crippen LogP contribution in [0.3, 0.4) is 0 Å². The summed E-state index contributed by atoms with van der Waals surface area (Å²) in [7, 11) is 0. The van der Waals surface area contributed by atoms with Crippen molar-refractivity contribution in [3.8, 4) is 0 Å². The van der Waals surface area contributed by atoms with Crippen molar-refractivity contribution in [1.82, 2.24) is 9.80 Å². The highest BCUT2D eigenvalue weighted by atomic mass is 16.2. The number of carbonyl (C=O) groups is 1. The first kappa shape index (κ1) is 14.4. The zero-order chi connectivity index (χ0) is 15.5. The van der Waals surface area contributed by atoms with Gasteiger partial charge in [0, 0.05) is 25.3 Å². The number of nitrogens with two attached hydrogens (primary N) is 1. The molecule has 2 N–H and O–H groups in total. The molecule has 2 aromatic carbocycles. The van der Waals surface area contributed by atoms with Crippen LogP contribution < -0.4 is 5.73 Å². The van der Waals surface area contributed by atoms with Crippen LogP contribution in [0.4, 0.5) is 10.5 Å². The fourth-order valence-electron chi connectivity index (χ4n) is 2.93. The highest BCUT2D eigenvalue weighted by Crippen LogP contribution is 2.25. The van der Waals surface area contributed by atoms with Gasteiger partial charge in [0.25, 0.3) is 0 Å². The maximum absolute atomic E-state index is 12.6. The third-order valence-electron chi connectivity index (χ3n) is 4.20. The first-order valence-corrected chi connectivity index (χ1v) is 7.60. The molecule has 1 aliphatic rings. The quantitative estimate of drug-likeness (QED) is 0.880. The van der Waals surface area contributed by atoms with Gasteiger partial charge in [-0.1, -0.05) is 42.5 Å². The molecule has 1 aliphatic heterocycles. The van der Waals surface area contributed by atoms with E-state index in [0.29, 0.717) is 6.54 Å². The smallest absolute Gasteiger partial charge is 0.320 e. The van der Waals surface area contributed by atoms with Crippen LogP contribution >= 0.6 is 0 Å². The number of hydrogen-bond acceptors (Lipinski definition) is 2. The molecule has 0 radical (unpaired) electrons. The molecular formula is C18H21N3O. The Labute approximate surface area is 131 Å². The Balaban J connectivity index is 1.70. The Bertz CT molecular complexity index is 656. The number of amides is 2. The molecule has 1 saturated heterocycles. The average molecular weight is 295 g/mol. The minimum atomic E-state index is 0.0961. The van der Waals surface area contributed by atoms with Crippen LogP contribution in [0.1, 0.15) is 24.1 Å². The maximum atomic E-state index is 12.6. The van der Waals surface area contributed by atoms with Crippen LogP contribution in [-0.2, 0) is 6.54 Å². The fourth-order valence-corrected chi connectivity index (χ4v) is 2.93. The number of nitrogen functional groups attached to an aromatic ring is 1. The molecule has 2 amide bonds. The Morgan fingerprint density at radius 3 is 2.59 bits per heavy atom. The number of anilines is 1. The van der Waals surface area contributed by atoms with Gasteiger partial charge in [-0.25, -0.2) is 4.79 Å². The van der Waals surface area contributed by atoms with E-state index < -0.39 is 0 Å². The third-order valence-corrected chi connectivity index (χ3v) is 4.20. The predicted molar refractivity (Wildman–Crippen MR) is 88.2 cm³/mol. The summed E-state index contributed by atoms with van der Waals surface area (Å²) in [5.41, 5.74) is 8.78. The Morgan fingerprint density at radius 1 is 1.09 bits per heavy atom. The SMILES string of the molecule is C[C@@H](c1ccccc1)N1CCN(Cc2cccc(N)c2)C1=O. The second kappa shape index (κ2) is 6.10. The van der Waals surface area contributed by atoms with Gasteiger partial charge in [0.1, 0.15) is 0 Å². The van der Waals surface area contributed by atoms with Crippen LogP contribution in [0.2, 0.25) is 0 Å². The molecule has 3 rings (SSSR count). The van der Waals surface area contributed by atoms with Crippen molar-refractivity contribution in [3.63, 3.8) is 0 Å². The minimum Gasteiger partial charge on any atom is -0.399 e. The second-order valence-electron chi connectivity index (χ2n) is 5.73. The maximum Gasteiger partial charge on any atom is 0.320 e. The van der Waals surface area contributed by atoms with Gasteiger partial charge in [-0.3, -0.25) is 0 Å². The Morgan fingerprint density at radius 2 is 1.86 bits per heavy atom. The molecule has 1 fully saturated rings. The average Bonchev–Trinajstić information content (AvgIpc) is 2.89. The molecule has 2 aromatic rings. The number of urea groups is 1. The zero-order valence-electron chi connectivity index (χ0n) is 12.8. The summed E-state index contributed by atoms with van der Waals surface area (Å²) in [6, 6.07) is 18.1. The van der Waals surface area contributed by atoms with E-state index in [2.05, 4.69) is 19.1 Å². The summed E-state index contributed by atoms with van der Waals surface area (Å²) >= 11 is 0. The molecule has 0 bridgehead atoms. The lowest BCUT2D eigenvalue weighted by atomic mass is 10.1. The normalized spacial score (nSPS) is 16.1. The predicted octanol–water partition coefficient (Wildman–Crippen LogP) is 3.27. The number of nitrogens with zero attached hydrogens (tertiary/aromatic N) is 2. The van der Waals surface area contributed by atoms with Gasteiger partial charge < -0.3 is 15.5 Å². The number of hydrogen-bond donors (Lipinski definition) is 1. The van der Waals surface area contributed by atoms with Gasteiger partial charge >= 0.3 is 6.03 Å². The molecule has 4 nitrogen and oxygen atoms in total. The lowest BCUT2D eigenvalue weighted by Gasteiger charge is -2.25. The van der Waals surface area contributed by atoms with Gasteiger partial charge in [0.05, 0.1) is 6.04 Å². The molecule has 114 valence electrons. The van der Waals surface area contributed by atoms with E-state index in [1.54, 1.807) is 0 Å². The van der Waals surface area contributed by atoms with Crippen molar-refractivity contribution < 1.29 is 4.79 Å². The van der Waals surface area contributed by atoms with E-state index in [1.165, 1.54) is 5.56 Å². The van der Waals surface area contributed by atoms with Crippen molar-refractivity contribution in [3.05, 3.63) is 65.7 Å². The minimum absolute atomic E-state index is 0.0961. The largest absolute Gasteiger partial charge is 0.399 e. The molecule has 0 saturated carbocycles. The fraction of sp³-hybridized carbons (Fsp3) is 0.278. The van der Waals surface area contributed by atoms with E-state index in [4.69, 9.17) is 5.73 Å². The molecule has 0 aromatic heterocycles. The molecule has 0 unspecified atom stereocenters. The lowest BCUT2D eigenvalue weighted by molar-refractivity contribution is 0.179. The lowest BCUT2D eigenvalue weighted by Crippen LogP contribution is -2.33. The van der Waals surface area contributed by atoms with Crippen LogP contribution in [0.5, 0.6) is 0 Å². The summed E-state index contributed by atoms with van der Waals surface area (Å²) in [4.78, 5) is 16.4. The van der Waals surface area contributed by atoms with Crippen molar-refractivity contribution in [2.75, 3.05) is 18.8 Å². The molecular weight excluding hydrogens is 274 g/mol. The molecule has 1 heterocycles. The van der Waals surface area contributed by atoms with E-state index in [1.807, 2.05) is 52.3 Å². The first-order valence-electron chi connectivity index (χ1n) is 7.60. The summed E-state index contributed by atoms with van der Waals surface area (Å²) in [5.74, 6) is 0. The van der Waals surface area contributed by atoms with Crippen LogP contribution in [0.25, 0.3) is 0 Å². The number of rotatable bonds is 4. The molecule has 0 aliphatic carbocycles. The van der Waals surface area contributed by atoms with Crippen molar-refractivity contribution >= 4 is 11.7 Å². The topological polar surface area (TPSA) is 49.6 Å². The highest BCUT2D eigenvalue weighted by molar-refractivity contribution is 5.77. The third kappa shape index (κ3) is 2.91. The standard InChI is InChI=1S/C18H21N3O/c1-14(16-7-3-2-4-8-16)21-11-10-20(18(21)22)13-15-6-5-9-17(19)12-15/h2-9,12,14H,10-11,13,19H2,1H3/t14-/m0/s1. The van der Waals surface area contributed by atoms with Gasteiger partial charge in [-0.2, -0.15) is 0 Å². The highest BCUT2D eigenvalue weighted by Gasteiger charge is 2.32. The Hall–Kier alpha value is -2.49. The van der Waals surface area contributed by atoms with E-state index in [0.717, 1.165) is 24.3 Å². The Kier molecular flexibility index (Phi) is 4.00. The van der Waals surface area contributed by atoms with Crippen molar-refractivity contribution in [2.24, 2.45) is 0 Å². The molecule has 0 spiro atoms. The van der Waals surface area contributed by atoms with E-state index >= 15 is 0 Å². The summed E-state index contributed by atoms with van der Waals surface area (Å²) in [6.07, 6.45) is 0. The van der Waals surface area contributed by atoms with E-state index in [9.17, 15) is 4.79 Å². The van der Waals surface area contributed by atoms with E-state index in [-0.39, 0.29) is 12.1 Å². The van der Waals surface area contributed by atoms with Gasteiger partial charge in [0.15, 0.2) is 0 Å². The zero-order valence-corrected chi connectivity index (χ0v) is 12.8. The monoisotopic (exact) mass is 295 g/mol. The summed E-state index contributed by atoms with van der Waals surface area (Å²) in [5, 5.41) is 0. The number of benzene rings is 2. The first-order chi connectivity index (χ1) is 10.6. The van der Waals surface area contributed by atoms with Crippen molar-refractivity contribution in [1.29, 1.82) is 0 Å². The van der Waals surface area contributed by atoms with Crippen LogP contribution in [-0.4, -0.2) is 28.9 Å². The van der Waals surface area contributed by atoms with Crippen LogP contribution in [0.15, 0.2) is 54.6 Å². The summed E-state index contributed by atoms with van der Waals surface area (Å²) < 4.78 is 0. The molecule has 22 heavy (non-hydrogen) atoms. The molecule has 4 heteroatoms. The van der Waals surface area contributed by atoms with Gasteiger partial charge in [-0.15, -0.1) is 0 Å². The van der Waals surface area contributed by atoms with Gasteiger partial charge in [-0.05, 0) is 30.2 Å². The van der Waals surface area contributed by atoms with Crippen LogP contribution in [0, 0.1) is 0 Å². The molecule has 1 atom stereocenters. The second-order valence-corrected chi connectivity index (χ2v) is 5.73.